The fourth-order valence-corrected chi connectivity index (χ4v) is 0.793. The van der Waals surface area contributed by atoms with E-state index in [2.05, 4.69) is 20.4 Å². The maximum Gasteiger partial charge on any atom is 0.261 e. The first kappa shape index (κ1) is 6.73. The lowest BCUT2D eigenvalue weighted by Crippen LogP contribution is -1.54. The molecule has 0 aromatic carbocycles. The molecule has 0 fully saturated rings. The minimum Gasteiger partial charge on any atom is -0.225 e. The topological polar surface area (TPSA) is 67.0 Å². The van der Waals surface area contributed by atoms with Gasteiger partial charge in [0.1, 0.15) is 0 Å². The first-order valence-corrected chi connectivity index (χ1v) is 3.19. The van der Waals surface area contributed by atoms with E-state index >= 15 is 0 Å². The molecule has 5 nitrogen and oxygen atoms in total. The van der Waals surface area contributed by atoms with E-state index < -0.39 is 0 Å². The Hall–Kier alpha value is -1.39. The van der Waals surface area contributed by atoms with Crippen molar-refractivity contribution in [1.29, 1.82) is 0 Å². The molecule has 1 heterocycles. The fraction of sp³-hybridized carbons (Fsp3) is 0. The molecule has 0 atom stereocenters. The lowest BCUT2D eigenvalue weighted by molar-refractivity contribution is 0.563. The summed E-state index contributed by atoms with van der Waals surface area (Å²) < 4.78 is 0. The molecular formula is C4H2N4OS. The quantitative estimate of drug-likeness (QED) is 0.280. The summed E-state index contributed by atoms with van der Waals surface area (Å²) in [5.41, 5.74) is 0. The summed E-state index contributed by atoms with van der Waals surface area (Å²) in [4.78, 5) is 13.2. The predicted octanol–water partition coefficient (Wildman–Crippen LogP) is 1.48. The molecular weight excluding hydrogens is 152 g/mol. The summed E-state index contributed by atoms with van der Waals surface area (Å²) in [6.07, 6.45) is 2.81. The van der Waals surface area contributed by atoms with Gasteiger partial charge in [-0.05, 0) is 10.3 Å². The van der Waals surface area contributed by atoms with Crippen LogP contribution in [0.1, 0.15) is 0 Å². The van der Waals surface area contributed by atoms with Crippen molar-refractivity contribution in [2.75, 3.05) is 0 Å². The minimum absolute atomic E-state index is 0.471. The molecule has 0 spiro atoms. The van der Waals surface area contributed by atoms with Crippen molar-refractivity contribution < 1.29 is 4.79 Å². The summed E-state index contributed by atoms with van der Waals surface area (Å²) in [5.74, 6) is 0. The van der Waals surface area contributed by atoms with E-state index in [9.17, 15) is 4.79 Å². The molecule has 0 aliphatic rings. The van der Waals surface area contributed by atoms with Crippen LogP contribution in [0.15, 0.2) is 27.0 Å². The molecule has 6 heteroatoms. The second kappa shape index (κ2) is 3.60. The smallest absolute Gasteiger partial charge is 0.225 e. The van der Waals surface area contributed by atoms with E-state index in [4.69, 9.17) is 0 Å². The third kappa shape index (κ3) is 1.85. The van der Waals surface area contributed by atoms with Crippen LogP contribution in [0.25, 0.3) is 0 Å². The molecule has 0 radical (unpaired) electrons. The van der Waals surface area contributed by atoms with E-state index in [1.54, 1.807) is 11.6 Å². The molecule has 1 rings (SSSR count). The zero-order valence-corrected chi connectivity index (χ0v) is 5.58. The standard InChI is InChI=1S/C4H2N4OS/c9-3-6-8-7-4-5-1-2-10-4/h1-2H. The maximum atomic E-state index is 9.47. The Labute approximate surface area is 60.1 Å². The molecule has 0 aliphatic carbocycles. The van der Waals surface area contributed by atoms with E-state index in [-0.39, 0.29) is 0 Å². The van der Waals surface area contributed by atoms with Crippen LogP contribution in [0.3, 0.4) is 0 Å². The van der Waals surface area contributed by atoms with Gasteiger partial charge in [0.05, 0.1) is 0 Å². The molecule has 10 heavy (non-hydrogen) atoms. The van der Waals surface area contributed by atoms with Crippen molar-refractivity contribution in [3.63, 3.8) is 0 Å². The number of isocyanates is 1. The van der Waals surface area contributed by atoms with Gasteiger partial charge in [-0.15, -0.1) is 11.3 Å². The Balaban J connectivity index is 2.63. The van der Waals surface area contributed by atoms with Gasteiger partial charge in [-0.1, -0.05) is 5.11 Å². The summed E-state index contributed by atoms with van der Waals surface area (Å²) in [7, 11) is 0. The van der Waals surface area contributed by atoms with Crippen molar-refractivity contribution in [2.45, 2.75) is 0 Å². The summed E-state index contributed by atoms with van der Waals surface area (Å²) in [6, 6.07) is 0. The fourth-order valence-electron chi connectivity index (χ4n) is 0.344. The van der Waals surface area contributed by atoms with Crippen molar-refractivity contribution in [3.8, 4) is 0 Å². The van der Waals surface area contributed by atoms with Gasteiger partial charge in [0.2, 0.25) is 5.13 Å². The van der Waals surface area contributed by atoms with Gasteiger partial charge in [0, 0.05) is 11.6 Å². The Morgan fingerprint density at radius 3 is 3.20 bits per heavy atom. The highest BCUT2D eigenvalue weighted by atomic mass is 32.1. The van der Waals surface area contributed by atoms with Crippen LogP contribution >= 0.6 is 11.3 Å². The lowest BCUT2D eigenvalue weighted by Gasteiger charge is -1.72. The number of hydrogen-bond donors (Lipinski definition) is 0. The molecule has 1 aromatic heterocycles. The number of aromatic nitrogens is 1. The van der Waals surface area contributed by atoms with Crippen LogP contribution in [-0.4, -0.2) is 11.1 Å². The third-order valence-electron chi connectivity index (χ3n) is 0.635. The summed E-state index contributed by atoms with van der Waals surface area (Å²) in [6.45, 7) is 0. The third-order valence-corrected chi connectivity index (χ3v) is 1.29. The first-order chi connectivity index (χ1) is 4.93. The second-order valence-corrected chi connectivity index (χ2v) is 2.07. The number of nitrogens with zero attached hydrogens (tertiary/aromatic N) is 4. The molecule has 50 valence electrons. The summed E-state index contributed by atoms with van der Waals surface area (Å²) >= 11 is 1.31. The molecule has 0 unspecified atom stereocenters. The largest absolute Gasteiger partial charge is 0.261 e. The molecule has 0 saturated heterocycles. The number of hydrogen-bond acceptors (Lipinski definition) is 5. The van der Waals surface area contributed by atoms with Gasteiger partial charge in [0.15, 0.2) is 0 Å². The number of carbonyl (C=O) groups excluding carboxylic acids is 1. The van der Waals surface area contributed by atoms with Crippen LogP contribution in [0.5, 0.6) is 0 Å². The van der Waals surface area contributed by atoms with Gasteiger partial charge >= 0.3 is 0 Å². The van der Waals surface area contributed by atoms with E-state index in [1.807, 2.05) is 0 Å². The van der Waals surface area contributed by atoms with Crippen molar-refractivity contribution >= 4 is 22.5 Å². The zero-order valence-electron chi connectivity index (χ0n) is 4.76. The second-order valence-electron chi connectivity index (χ2n) is 1.20. The number of thiazole rings is 1. The normalized spacial score (nSPS) is 9.60. The average molecular weight is 154 g/mol. The van der Waals surface area contributed by atoms with Crippen molar-refractivity contribution in [1.82, 2.24) is 4.98 Å². The Morgan fingerprint density at radius 1 is 1.70 bits per heavy atom. The van der Waals surface area contributed by atoms with Gasteiger partial charge in [-0.2, -0.15) is 0 Å². The van der Waals surface area contributed by atoms with Gasteiger partial charge < -0.3 is 0 Å². The van der Waals surface area contributed by atoms with E-state index in [0.29, 0.717) is 5.13 Å². The average Bonchev–Trinajstić information content (AvgIpc) is 2.41. The zero-order chi connectivity index (χ0) is 7.23. The van der Waals surface area contributed by atoms with Crippen molar-refractivity contribution in [3.05, 3.63) is 11.6 Å². The monoisotopic (exact) mass is 154 g/mol. The minimum atomic E-state index is 0.471. The molecule has 1 aromatic rings. The van der Waals surface area contributed by atoms with Crippen LogP contribution in [0.4, 0.5) is 5.13 Å². The molecule has 0 bridgehead atoms. The molecule has 0 N–H and O–H groups in total. The van der Waals surface area contributed by atoms with E-state index in [1.165, 1.54) is 17.4 Å². The van der Waals surface area contributed by atoms with Crippen LogP contribution in [0.2, 0.25) is 0 Å². The Morgan fingerprint density at radius 2 is 2.60 bits per heavy atom. The summed E-state index contributed by atoms with van der Waals surface area (Å²) in [5, 5.41) is 11.7. The van der Waals surface area contributed by atoms with Gasteiger partial charge in [0.25, 0.3) is 6.08 Å². The van der Waals surface area contributed by atoms with Crippen LogP contribution in [0, 0.1) is 0 Å². The van der Waals surface area contributed by atoms with E-state index in [0.717, 1.165) is 0 Å². The highest BCUT2D eigenvalue weighted by molar-refractivity contribution is 7.13. The van der Waals surface area contributed by atoms with Crippen LogP contribution in [-0.2, 0) is 4.79 Å². The first-order valence-electron chi connectivity index (χ1n) is 2.31. The Kier molecular flexibility index (Phi) is 2.42. The maximum absolute atomic E-state index is 9.47. The van der Waals surface area contributed by atoms with Gasteiger partial charge in [-0.25, -0.2) is 9.78 Å². The van der Waals surface area contributed by atoms with Crippen LogP contribution < -0.4 is 0 Å². The van der Waals surface area contributed by atoms with Gasteiger partial charge in [-0.3, -0.25) is 0 Å². The molecule has 0 saturated carbocycles. The highest BCUT2D eigenvalue weighted by Gasteiger charge is 1.86. The number of rotatable bonds is 2. The highest BCUT2D eigenvalue weighted by Crippen LogP contribution is 2.14. The molecule has 0 amide bonds. The SMILES string of the molecule is O=C=NN=Nc1nccs1. The lowest BCUT2D eigenvalue weighted by atomic mass is 11.0. The Bertz CT molecular complexity index is 261. The molecule has 0 aliphatic heterocycles. The predicted molar refractivity (Wildman–Crippen MR) is 34.8 cm³/mol. The van der Waals surface area contributed by atoms with Crippen molar-refractivity contribution in [2.24, 2.45) is 15.4 Å².